The summed E-state index contributed by atoms with van der Waals surface area (Å²) in [7, 11) is 0. The van der Waals surface area contributed by atoms with Gasteiger partial charge in [0, 0.05) is 13.0 Å². The van der Waals surface area contributed by atoms with E-state index in [1.165, 1.54) is 32.1 Å². The van der Waals surface area contributed by atoms with E-state index in [9.17, 15) is 4.79 Å². The summed E-state index contributed by atoms with van der Waals surface area (Å²) < 4.78 is 1.77. The molecule has 1 N–H and O–H groups in total. The van der Waals surface area contributed by atoms with E-state index in [2.05, 4.69) is 15.5 Å². The number of carbonyl (C=O) groups is 1. The Labute approximate surface area is 119 Å². The van der Waals surface area contributed by atoms with Crippen LogP contribution in [0.4, 0.5) is 0 Å². The average molecular weight is 280 g/mol. The molecule has 6 heteroatoms. The van der Waals surface area contributed by atoms with Gasteiger partial charge in [0.15, 0.2) is 5.82 Å². The Morgan fingerprint density at radius 2 is 2.15 bits per heavy atom. The Kier molecular flexibility index (Phi) is 5.49. The van der Waals surface area contributed by atoms with Crippen molar-refractivity contribution in [3.63, 3.8) is 0 Å². The summed E-state index contributed by atoms with van der Waals surface area (Å²) in [6.45, 7) is 2.30. The molecule has 0 aliphatic heterocycles. The molecule has 20 heavy (non-hydrogen) atoms. The SMILES string of the molecule is CC(CCn1nnnc1CCC1CCCCC1)C(=O)O. The van der Waals surface area contributed by atoms with Gasteiger partial charge in [-0.25, -0.2) is 4.68 Å². The largest absolute Gasteiger partial charge is 0.481 e. The minimum Gasteiger partial charge on any atom is -0.481 e. The van der Waals surface area contributed by atoms with E-state index in [1.807, 2.05) is 0 Å². The average Bonchev–Trinajstić information content (AvgIpc) is 2.91. The number of rotatable bonds is 7. The molecule has 112 valence electrons. The van der Waals surface area contributed by atoms with Crippen LogP contribution in [0.25, 0.3) is 0 Å². The lowest BCUT2D eigenvalue weighted by molar-refractivity contribution is -0.141. The fraction of sp³-hybridized carbons (Fsp3) is 0.857. The topological polar surface area (TPSA) is 80.9 Å². The van der Waals surface area contributed by atoms with E-state index in [4.69, 9.17) is 5.11 Å². The van der Waals surface area contributed by atoms with Crippen molar-refractivity contribution < 1.29 is 9.90 Å². The van der Waals surface area contributed by atoms with Crippen LogP contribution in [0, 0.1) is 11.8 Å². The molecule has 1 unspecified atom stereocenters. The molecule has 1 aliphatic carbocycles. The van der Waals surface area contributed by atoms with E-state index >= 15 is 0 Å². The number of aryl methyl sites for hydroxylation is 2. The first-order chi connectivity index (χ1) is 9.66. The number of hydrogen-bond donors (Lipinski definition) is 1. The normalized spacial score (nSPS) is 18.1. The van der Waals surface area contributed by atoms with Crippen molar-refractivity contribution in [2.75, 3.05) is 0 Å². The first kappa shape index (κ1) is 14.9. The Bertz CT molecular complexity index is 427. The molecule has 1 fully saturated rings. The minimum absolute atomic E-state index is 0.356. The fourth-order valence-electron chi connectivity index (χ4n) is 2.82. The molecule has 1 aliphatic rings. The van der Waals surface area contributed by atoms with E-state index in [-0.39, 0.29) is 5.92 Å². The summed E-state index contributed by atoms with van der Waals surface area (Å²) in [4.78, 5) is 10.8. The van der Waals surface area contributed by atoms with Gasteiger partial charge in [0.25, 0.3) is 0 Å². The van der Waals surface area contributed by atoms with Crippen LogP contribution in [0.3, 0.4) is 0 Å². The number of nitrogens with zero attached hydrogens (tertiary/aromatic N) is 4. The molecule has 1 saturated carbocycles. The van der Waals surface area contributed by atoms with Gasteiger partial charge in [-0.2, -0.15) is 0 Å². The second-order valence-electron chi connectivity index (χ2n) is 5.89. The van der Waals surface area contributed by atoms with Gasteiger partial charge in [0.05, 0.1) is 5.92 Å². The van der Waals surface area contributed by atoms with Crippen LogP contribution < -0.4 is 0 Å². The molecule has 1 heterocycles. The maximum Gasteiger partial charge on any atom is 0.306 e. The van der Waals surface area contributed by atoms with Crippen LogP contribution in [0.5, 0.6) is 0 Å². The molecule has 0 spiro atoms. The summed E-state index contributed by atoms with van der Waals surface area (Å²) in [5, 5.41) is 20.7. The van der Waals surface area contributed by atoms with Crippen LogP contribution in [-0.4, -0.2) is 31.3 Å². The van der Waals surface area contributed by atoms with Gasteiger partial charge in [0.2, 0.25) is 0 Å². The maximum atomic E-state index is 10.8. The summed E-state index contributed by atoms with van der Waals surface area (Å²) in [6, 6.07) is 0. The Morgan fingerprint density at radius 1 is 1.40 bits per heavy atom. The number of carboxylic acid groups (broad SMARTS) is 1. The fourth-order valence-corrected chi connectivity index (χ4v) is 2.82. The third-order valence-corrected chi connectivity index (χ3v) is 4.30. The Balaban J connectivity index is 1.80. The van der Waals surface area contributed by atoms with Gasteiger partial charge < -0.3 is 5.11 Å². The van der Waals surface area contributed by atoms with Crippen molar-refractivity contribution in [3.05, 3.63) is 5.82 Å². The quantitative estimate of drug-likeness (QED) is 0.828. The van der Waals surface area contributed by atoms with Crippen LogP contribution >= 0.6 is 0 Å². The molecule has 1 aromatic heterocycles. The number of tetrazole rings is 1. The smallest absolute Gasteiger partial charge is 0.306 e. The standard InChI is InChI=1S/C14H24N4O2/c1-11(14(19)20)9-10-18-13(15-16-17-18)8-7-12-5-3-2-4-6-12/h11-12H,2-10H2,1H3,(H,19,20). The first-order valence-electron chi connectivity index (χ1n) is 7.64. The van der Waals surface area contributed by atoms with Crippen LogP contribution in [0.1, 0.15) is 57.7 Å². The maximum absolute atomic E-state index is 10.8. The van der Waals surface area contributed by atoms with Gasteiger partial charge >= 0.3 is 5.97 Å². The van der Waals surface area contributed by atoms with Crippen molar-refractivity contribution in [1.29, 1.82) is 0 Å². The lowest BCUT2D eigenvalue weighted by Gasteiger charge is -2.20. The lowest BCUT2D eigenvalue weighted by atomic mass is 9.86. The van der Waals surface area contributed by atoms with Gasteiger partial charge in [-0.15, -0.1) is 5.10 Å². The second-order valence-corrected chi connectivity index (χ2v) is 5.89. The summed E-state index contributed by atoms with van der Waals surface area (Å²) in [5.41, 5.74) is 0. The van der Waals surface area contributed by atoms with E-state index in [0.717, 1.165) is 24.6 Å². The van der Waals surface area contributed by atoms with Crippen LogP contribution in [0.15, 0.2) is 0 Å². The molecule has 0 aromatic carbocycles. The number of hydrogen-bond acceptors (Lipinski definition) is 4. The van der Waals surface area contributed by atoms with Gasteiger partial charge in [-0.3, -0.25) is 4.79 Å². The van der Waals surface area contributed by atoms with Crippen molar-refractivity contribution in [2.24, 2.45) is 11.8 Å². The lowest BCUT2D eigenvalue weighted by Crippen LogP contribution is -2.15. The van der Waals surface area contributed by atoms with Gasteiger partial charge in [-0.1, -0.05) is 39.0 Å². The molecule has 2 rings (SSSR count). The number of aliphatic carboxylic acids is 1. The minimum atomic E-state index is -0.762. The highest BCUT2D eigenvalue weighted by Gasteiger charge is 2.16. The first-order valence-corrected chi connectivity index (χ1v) is 7.64. The zero-order valence-corrected chi connectivity index (χ0v) is 12.2. The molecular formula is C14H24N4O2. The van der Waals surface area contributed by atoms with Crippen molar-refractivity contribution in [1.82, 2.24) is 20.2 Å². The number of carboxylic acids is 1. The molecule has 1 atom stereocenters. The number of aromatic nitrogens is 4. The molecular weight excluding hydrogens is 256 g/mol. The van der Waals surface area contributed by atoms with Gasteiger partial charge in [0.1, 0.15) is 0 Å². The molecule has 6 nitrogen and oxygen atoms in total. The summed E-state index contributed by atoms with van der Waals surface area (Å²) in [5.74, 6) is 0.590. The Hall–Kier alpha value is -1.46. The highest BCUT2D eigenvalue weighted by atomic mass is 16.4. The van der Waals surface area contributed by atoms with Crippen molar-refractivity contribution in [2.45, 2.75) is 64.8 Å². The van der Waals surface area contributed by atoms with E-state index < -0.39 is 5.97 Å². The van der Waals surface area contributed by atoms with E-state index in [0.29, 0.717) is 13.0 Å². The molecule has 0 radical (unpaired) electrons. The molecule has 0 saturated heterocycles. The molecule has 1 aromatic rings. The third kappa shape index (κ3) is 4.28. The molecule has 0 amide bonds. The summed E-state index contributed by atoms with van der Waals surface area (Å²) in [6.07, 6.45) is 9.36. The molecule has 0 bridgehead atoms. The highest BCUT2D eigenvalue weighted by molar-refractivity contribution is 5.69. The second kappa shape index (κ2) is 7.36. The zero-order valence-electron chi connectivity index (χ0n) is 12.2. The predicted octanol–water partition coefficient (Wildman–Crippen LogP) is 2.30. The summed E-state index contributed by atoms with van der Waals surface area (Å²) >= 11 is 0. The van der Waals surface area contributed by atoms with Crippen LogP contribution in [-0.2, 0) is 17.8 Å². The predicted molar refractivity (Wildman–Crippen MR) is 74.1 cm³/mol. The van der Waals surface area contributed by atoms with Crippen molar-refractivity contribution in [3.8, 4) is 0 Å². The van der Waals surface area contributed by atoms with Gasteiger partial charge in [-0.05, 0) is 29.2 Å². The van der Waals surface area contributed by atoms with E-state index in [1.54, 1.807) is 11.6 Å². The third-order valence-electron chi connectivity index (χ3n) is 4.30. The zero-order chi connectivity index (χ0) is 14.4. The monoisotopic (exact) mass is 280 g/mol. The van der Waals surface area contributed by atoms with Crippen LogP contribution in [0.2, 0.25) is 0 Å². The Morgan fingerprint density at radius 3 is 2.85 bits per heavy atom. The highest BCUT2D eigenvalue weighted by Crippen LogP contribution is 2.27. The van der Waals surface area contributed by atoms with Crippen molar-refractivity contribution >= 4 is 5.97 Å².